The first kappa shape index (κ1) is 15.5. The van der Waals surface area contributed by atoms with E-state index in [-0.39, 0.29) is 23.4 Å². The maximum atomic E-state index is 6.33. The molecule has 1 aromatic heterocycles. The number of halogens is 1. The van der Waals surface area contributed by atoms with E-state index in [1.807, 2.05) is 0 Å². The van der Waals surface area contributed by atoms with Gasteiger partial charge in [0.1, 0.15) is 0 Å². The molecule has 2 saturated carbocycles. The molecule has 2 N–H and O–H groups in total. The van der Waals surface area contributed by atoms with E-state index in [0.29, 0.717) is 5.82 Å². The molecule has 2 aromatic rings. The van der Waals surface area contributed by atoms with Crippen molar-refractivity contribution >= 4 is 12.4 Å². The number of aromatic nitrogens is 2. The Morgan fingerprint density at radius 3 is 2.23 bits per heavy atom. The van der Waals surface area contributed by atoms with Gasteiger partial charge in [-0.15, -0.1) is 12.4 Å². The minimum Gasteiger partial charge on any atom is -0.338 e. The molecule has 2 fully saturated rings. The fraction of sp³-hybridized carbons (Fsp3) is 0.529. The average Bonchev–Trinajstić information content (AvgIpc) is 3.15. The van der Waals surface area contributed by atoms with Crippen LogP contribution in [-0.4, -0.2) is 10.1 Å². The zero-order valence-electron chi connectivity index (χ0n) is 12.6. The van der Waals surface area contributed by atoms with Crippen molar-refractivity contribution in [2.45, 2.75) is 55.9 Å². The Kier molecular flexibility index (Phi) is 4.00. The summed E-state index contributed by atoms with van der Waals surface area (Å²) < 4.78 is 5.69. The number of hydrogen-bond acceptors (Lipinski definition) is 4. The molecule has 4 rings (SSSR count). The Labute approximate surface area is 136 Å². The molecule has 0 spiro atoms. The van der Waals surface area contributed by atoms with Crippen molar-refractivity contribution in [3.8, 4) is 0 Å². The first-order chi connectivity index (χ1) is 10.2. The number of rotatable bonds is 3. The van der Waals surface area contributed by atoms with Gasteiger partial charge in [0.05, 0.1) is 11.0 Å². The van der Waals surface area contributed by atoms with Crippen molar-refractivity contribution in [3.05, 3.63) is 47.6 Å². The molecule has 0 unspecified atom stereocenters. The molecule has 2 aliphatic rings. The number of nitrogens with zero attached hydrogens (tertiary/aromatic N) is 2. The molecule has 0 radical (unpaired) electrons. The second kappa shape index (κ2) is 5.67. The van der Waals surface area contributed by atoms with Crippen molar-refractivity contribution in [1.82, 2.24) is 10.1 Å². The third kappa shape index (κ3) is 2.25. The van der Waals surface area contributed by atoms with Gasteiger partial charge >= 0.3 is 0 Å². The van der Waals surface area contributed by atoms with E-state index in [1.165, 1.54) is 18.4 Å². The molecule has 5 heteroatoms. The molecule has 0 bridgehead atoms. The van der Waals surface area contributed by atoms with E-state index in [4.69, 9.17) is 15.2 Å². The Hall–Kier alpha value is -1.39. The van der Waals surface area contributed by atoms with Crippen LogP contribution in [-0.2, 0) is 11.0 Å². The molecule has 22 heavy (non-hydrogen) atoms. The fourth-order valence-electron chi connectivity index (χ4n) is 3.76. The van der Waals surface area contributed by atoms with Gasteiger partial charge < -0.3 is 10.3 Å². The summed E-state index contributed by atoms with van der Waals surface area (Å²) in [5, 5.41) is 4.21. The summed E-state index contributed by atoms with van der Waals surface area (Å²) in [5.74, 6) is 1.46. The lowest BCUT2D eigenvalue weighted by atomic mass is 9.76. The van der Waals surface area contributed by atoms with Gasteiger partial charge in [0.15, 0.2) is 5.82 Å². The van der Waals surface area contributed by atoms with Gasteiger partial charge in [-0.3, -0.25) is 0 Å². The lowest BCUT2D eigenvalue weighted by Gasteiger charge is -2.34. The van der Waals surface area contributed by atoms with Crippen molar-refractivity contribution in [2.75, 3.05) is 0 Å². The topological polar surface area (TPSA) is 64.9 Å². The highest BCUT2D eigenvalue weighted by Crippen LogP contribution is 2.46. The highest BCUT2D eigenvalue weighted by atomic mass is 35.5. The van der Waals surface area contributed by atoms with E-state index < -0.39 is 0 Å². The van der Waals surface area contributed by atoms with E-state index in [2.05, 4.69) is 35.5 Å². The summed E-state index contributed by atoms with van der Waals surface area (Å²) in [7, 11) is 0. The molecule has 0 saturated heterocycles. The molecule has 4 nitrogen and oxygen atoms in total. The van der Waals surface area contributed by atoms with Gasteiger partial charge in [0.2, 0.25) is 5.89 Å². The van der Waals surface area contributed by atoms with Crippen LogP contribution >= 0.6 is 12.4 Å². The lowest BCUT2D eigenvalue weighted by molar-refractivity contribution is 0.227. The van der Waals surface area contributed by atoms with Crippen LogP contribution in [0, 0.1) is 0 Å². The van der Waals surface area contributed by atoms with Crippen LogP contribution in [0.15, 0.2) is 34.9 Å². The average molecular weight is 320 g/mol. The predicted molar refractivity (Wildman–Crippen MR) is 87.0 cm³/mol. The van der Waals surface area contributed by atoms with Gasteiger partial charge in [-0.1, -0.05) is 48.3 Å². The summed E-state index contributed by atoms with van der Waals surface area (Å²) in [4.78, 5) is 4.73. The zero-order valence-corrected chi connectivity index (χ0v) is 13.4. The highest BCUT2D eigenvalue weighted by molar-refractivity contribution is 5.85. The van der Waals surface area contributed by atoms with Gasteiger partial charge in [-0.25, -0.2) is 0 Å². The van der Waals surface area contributed by atoms with Gasteiger partial charge in [-0.05, 0) is 37.7 Å². The van der Waals surface area contributed by atoms with Crippen LogP contribution in [0.4, 0.5) is 0 Å². The van der Waals surface area contributed by atoms with Crippen LogP contribution in [0.25, 0.3) is 0 Å². The quantitative estimate of drug-likeness (QED) is 0.937. The second-order valence-corrected chi connectivity index (χ2v) is 6.59. The summed E-state index contributed by atoms with van der Waals surface area (Å²) in [6, 6.07) is 10.6. The Balaban J connectivity index is 0.00000144. The van der Waals surface area contributed by atoms with E-state index >= 15 is 0 Å². The molecule has 0 amide bonds. The number of hydrogen-bond donors (Lipinski definition) is 1. The van der Waals surface area contributed by atoms with Crippen LogP contribution in [0.5, 0.6) is 0 Å². The minimum absolute atomic E-state index is 0. The van der Waals surface area contributed by atoms with Crippen LogP contribution < -0.4 is 5.73 Å². The lowest BCUT2D eigenvalue weighted by Crippen LogP contribution is -2.44. The zero-order chi connectivity index (χ0) is 14.3. The molecule has 1 aromatic carbocycles. The van der Waals surface area contributed by atoms with Crippen molar-refractivity contribution < 1.29 is 4.52 Å². The van der Waals surface area contributed by atoms with Gasteiger partial charge in [-0.2, -0.15) is 4.98 Å². The molecule has 118 valence electrons. The van der Waals surface area contributed by atoms with E-state index in [9.17, 15) is 0 Å². The fourth-order valence-corrected chi connectivity index (χ4v) is 3.76. The van der Waals surface area contributed by atoms with Crippen molar-refractivity contribution in [1.29, 1.82) is 0 Å². The Morgan fingerprint density at radius 2 is 1.64 bits per heavy atom. The molecule has 0 atom stereocenters. The smallest absolute Gasteiger partial charge is 0.237 e. The molecule has 1 heterocycles. The van der Waals surface area contributed by atoms with Crippen LogP contribution in [0.1, 0.15) is 62.2 Å². The molecular weight excluding hydrogens is 298 g/mol. The Morgan fingerprint density at radius 1 is 0.955 bits per heavy atom. The summed E-state index contributed by atoms with van der Waals surface area (Å²) in [5.41, 5.74) is 7.17. The van der Waals surface area contributed by atoms with Gasteiger partial charge in [0, 0.05) is 0 Å². The Bertz CT molecular complexity index is 630. The maximum Gasteiger partial charge on any atom is 0.237 e. The first-order valence-corrected chi connectivity index (χ1v) is 7.92. The van der Waals surface area contributed by atoms with Crippen molar-refractivity contribution in [3.63, 3.8) is 0 Å². The summed E-state index contributed by atoms with van der Waals surface area (Å²) in [6.45, 7) is 0. The first-order valence-electron chi connectivity index (χ1n) is 7.92. The van der Waals surface area contributed by atoms with Crippen molar-refractivity contribution in [2.24, 2.45) is 5.73 Å². The SMILES string of the molecule is Cl.NC1(c2noc(C3(c4ccccc4)CCCC3)n2)CCC1. The second-order valence-electron chi connectivity index (χ2n) is 6.59. The normalized spacial score (nSPS) is 21.9. The summed E-state index contributed by atoms with van der Waals surface area (Å²) >= 11 is 0. The molecule has 2 aliphatic carbocycles. The van der Waals surface area contributed by atoms with E-state index in [0.717, 1.165) is 38.0 Å². The highest BCUT2D eigenvalue weighted by Gasteiger charge is 2.45. The largest absolute Gasteiger partial charge is 0.338 e. The van der Waals surface area contributed by atoms with Gasteiger partial charge in [0.25, 0.3) is 0 Å². The monoisotopic (exact) mass is 319 g/mol. The maximum absolute atomic E-state index is 6.33. The van der Waals surface area contributed by atoms with E-state index in [1.54, 1.807) is 0 Å². The third-order valence-corrected chi connectivity index (χ3v) is 5.31. The predicted octanol–water partition coefficient (Wildman–Crippen LogP) is 3.69. The standard InChI is InChI=1S/C17H21N3O.ClH/c18-17(11-6-12-17)14-19-15(21-20-14)16(9-4-5-10-16)13-7-2-1-3-8-13;/h1-3,7-8H,4-6,9-12,18H2;1H. The number of benzene rings is 1. The van der Waals surface area contributed by atoms with Crippen LogP contribution in [0.2, 0.25) is 0 Å². The molecular formula is C17H22ClN3O. The molecule has 0 aliphatic heterocycles. The summed E-state index contributed by atoms with van der Waals surface area (Å²) in [6.07, 6.45) is 7.66. The number of nitrogens with two attached hydrogens (primary N) is 1. The third-order valence-electron chi connectivity index (χ3n) is 5.31. The minimum atomic E-state index is -0.349. The van der Waals surface area contributed by atoms with Crippen LogP contribution in [0.3, 0.4) is 0 Å².